The van der Waals surface area contributed by atoms with E-state index in [1.54, 1.807) is 35.5 Å². The van der Waals surface area contributed by atoms with Crippen LogP contribution in [-0.4, -0.2) is 79.5 Å². The van der Waals surface area contributed by atoms with Crippen LogP contribution in [0.1, 0.15) is 44.0 Å². The lowest BCUT2D eigenvalue weighted by Crippen LogP contribution is -2.39. The molecule has 3 N–H and O–H groups in total. The largest absolute Gasteiger partial charge is 0.492 e. The van der Waals surface area contributed by atoms with Crippen molar-refractivity contribution in [2.24, 2.45) is 0 Å². The van der Waals surface area contributed by atoms with Crippen molar-refractivity contribution < 1.29 is 41.0 Å². The molecular formula is C25H34ClF3N4O6S. The highest BCUT2D eigenvalue weighted by Gasteiger charge is 2.38. The maximum absolute atomic E-state index is 13.2. The average Bonchev–Trinajstić information content (AvgIpc) is 2.86. The number of alkyl halides is 3. The van der Waals surface area contributed by atoms with E-state index in [9.17, 15) is 26.4 Å². The first-order chi connectivity index (χ1) is 18.7. The molecule has 10 nitrogen and oxygen atoms in total. The molecule has 0 saturated carbocycles. The van der Waals surface area contributed by atoms with Gasteiger partial charge in [-0.05, 0) is 57.0 Å². The number of ether oxygens (including phenoxy) is 1. The van der Waals surface area contributed by atoms with E-state index in [2.05, 4.69) is 15.0 Å². The van der Waals surface area contributed by atoms with Gasteiger partial charge in [-0.25, -0.2) is 17.9 Å². The lowest BCUT2D eigenvalue weighted by molar-refractivity contribution is -0.192. The number of pyridine rings is 1. The summed E-state index contributed by atoms with van der Waals surface area (Å²) in [6, 6.07) is 8.65. The van der Waals surface area contributed by atoms with Crippen LogP contribution in [0, 0.1) is 0 Å². The van der Waals surface area contributed by atoms with Crippen molar-refractivity contribution in [1.82, 2.24) is 14.6 Å². The highest BCUT2D eigenvalue weighted by Crippen LogP contribution is 2.23. The lowest BCUT2D eigenvalue weighted by Gasteiger charge is -2.27. The molecule has 0 aliphatic carbocycles. The third-order valence-electron chi connectivity index (χ3n) is 5.00. The fourth-order valence-electron chi connectivity index (χ4n) is 3.18. The first-order valence-electron chi connectivity index (χ1n) is 12.3. The molecule has 0 fully saturated rings. The molecule has 0 spiro atoms. The topological polar surface area (TPSA) is 138 Å². The fraction of sp³-hybridized carbons (Fsp3) is 0.480. The molecule has 2 rings (SSSR count). The van der Waals surface area contributed by atoms with Crippen molar-refractivity contribution in [1.29, 1.82) is 0 Å². The minimum absolute atomic E-state index is 0.0577. The van der Waals surface area contributed by atoms with Crippen LogP contribution in [0.5, 0.6) is 5.75 Å². The summed E-state index contributed by atoms with van der Waals surface area (Å²) in [4.78, 5) is 27.7. The number of rotatable bonds is 14. The summed E-state index contributed by atoms with van der Waals surface area (Å²) in [5.41, 5.74) is 1.37. The summed E-state index contributed by atoms with van der Waals surface area (Å²) in [6.45, 7) is 7.33. The summed E-state index contributed by atoms with van der Waals surface area (Å²) in [7, 11) is -3.26. The van der Waals surface area contributed by atoms with Crippen LogP contribution in [0.15, 0.2) is 42.7 Å². The number of nitrogens with zero attached hydrogens (tertiary/aromatic N) is 2. The number of carboxylic acids is 1. The Hall–Kier alpha value is -3.10. The molecule has 0 saturated heterocycles. The van der Waals surface area contributed by atoms with Gasteiger partial charge in [-0.1, -0.05) is 18.5 Å². The number of amides is 1. The second-order valence-electron chi connectivity index (χ2n) is 8.65. The second-order valence-corrected chi connectivity index (χ2v) is 11.0. The number of anilines is 1. The number of carboxylic acid groups (broad SMARTS) is 1. The van der Waals surface area contributed by atoms with Gasteiger partial charge in [0.2, 0.25) is 10.0 Å². The van der Waals surface area contributed by atoms with Crippen molar-refractivity contribution in [3.05, 3.63) is 53.3 Å². The smallest absolute Gasteiger partial charge is 0.490 e. The standard InChI is InChI=1S/C23H33ClN4O4S.C2HF3O2/c1-4-14-33(30,31)27-8-5-12-28(18(2)3)23(29)19-15-20(24)17-22(16-19)32-13-11-26-21-6-9-25-10-7-21;3-2(4,5)1(6)7/h6-7,9-10,15-18,27H,4-5,8,11-14H2,1-3H3,(H,25,26);(H,6,7). The van der Waals surface area contributed by atoms with Gasteiger partial charge in [-0.3, -0.25) is 9.78 Å². The molecule has 2 aromatic rings. The van der Waals surface area contributed by atoms with Crippen LogP contribution in [-0.2, 0) is 14.8 Å². The highest BCUT2D eigenvalue weighted by molar-refractivity contribution is 7.89. The van der Waals surface area contributed by atoms with Gasteiger partial charge < -0.3 is 20.1 Å². The number of carbonyl (C=O) groups is 2. The molecule has 0 aliphatic rings. The Morgan fingerprint density at radius 3 is 2.33 bits per heavy atom. The van der Waals surface area contributed by atoms with E-state index >= 15 is 0 Å². The van der Waals surface area contributed by atoms with Gasteiger partial charge in [0.1, 0.15) is 12.4 Å². The van der Waals surface area contributed by atoms with Crippen LogP contribution >= 0.6 is 11.6 Å². The zero-order valence-electron chi connectivity index (χ0n) is 22.4. The second kappa shape index (κ2) is 16.9. The summed E-state index contributed by atoms with van der Waals surface area (Å²) in [6.07, 6.45) is -0.597. The normalized spacial score (nSPS) is 11.4. The van der Waals surface area contributed by atoms with E-state index in [0.717, 1.165) is 5.69 Å². The molecule has 224 valence electrons. The fourth-order valence-corrected chi connectivity index (χ4v) is 4.54. The van der Waals surface area contributed by atoms with E-state index < -0.39 is 22.2 Å². The molecule has 1 aromatic heterocycles. The van der Waals surface area contributed by atoms with Crippen molar-refractivity contribution in [3.63, 3.8) is 0 Å². The molecule has 0 radical (unpaired) electrons. The molecule has 40 heavy (non-hydrogen) atoms. The molecular weight excluding hydrogens is 577 g/mol. The Labute approximate surface area is 236 Å². The zero-order chi connectivity index (χ0) is 30.3. The number of nitrogens with one attached hydrogen (secondary N) is 2. The first-order valence-corrected chi connectivity index (χ1v) is 14.3. The number of sulfonamides is 1. The highest BCUT2D eigenvalue weighted by atomic mass is 35.5. The molecule has 0 atom stereocenters. The van der Waals surface area contributed by atoms with E-state index in [1.807, 2.05) is 32.9 Å². The van der Waals surface area contributed by atoms with E-state index in [-0.39, 0.29) is 24.2 Å². The average molecular weight is 611 g/mol. The predicted molar refractivity (Wildman–Crippen MR) is 146 cm³/mol. The van der Waals surface area contributed by atoms with Gasteiger partial charge in [0.05, 0.1) is 5.75 Å². The summed E-state index contributed by atoms with van der Waals surface area (Å²) in [5.74, 6) is -2.32. The minimum atomic E-state index is -5.08. The van der Waals surface area contributed by atoms with Gasteiger partial charge in [-0.15, -0.1) is 0 Å². The van der Waals surface area contributed by atoms with E-state index in [1.165, 1.54) is 0 Å². The van der Waals surface area contributed by atoms with Crippen LogP contribution in [0.4, 0.5) is 18.9 Å². The number of carbonyl (C=O) groups excluding carboxylic acids is 1. The lowest BCUT2D eigenvalue weighted by atomic mass is 10.1. The molecule has 15 heteroatoms. The van der Waals surface area contributed by atoms with Gasteiger partial charge in [-0.2, -0.15) is 13.2 Å². The maximum atomic E-state index is 13.2. The SMILES string of the molecule is CCCS(=O)(=O)NCCCN(C(=O)c1cc(Cl)cc(OCCNc2ccncc2)c1)C(C)C.O=C(O)C(F)(F)F. The van der Waals surface area contributed by atoms with E-state index in [0.29, 0.717) is 48.9 Å². The quantitative estimate of drug-likeness (QED) is 0.267. The molecule has 0 aliphatic heterocycles. The Bertz CT molecular complexity index is 1180. The number of aliphatic carboxylic acids is 1. The van der Waals surface area contributed by atoms with Gasteiger partial charge in [0, 0.05) is 54.3 Å². The van der Waals surface area contributed by atoms with Crippen molar-refractivity contribution in [3.8, 4) is 5.75 Å². The summed E-state index contributed by atoms with van der Waals surface area (Å²) < 4.78 is 63.7. The Morgan fingerprint density at radius 1 is 1.15 bits per heavy atom. The van der Waals surface area contributed by atoms with Crippen LogP contribution in [0.25, 0.3) is 0 Å². The Balaban J connectivity index is 0.00000101. The Morgan fingerprint density at radius 2 is 1.77 bits per heavy atom. The molecule has 1 amide bonds. The van der Waals surface area contributed by atoms with Crippen molar-refractivity contribution >= 4 is 39.2 Å². The number of halogens is 4. The number of benzene rings is 1. The molecule has 1 heterocycles. The van der Waals surface area contributed by atoms with Crippen molar-refractivity contribution in [2.45, 2.75) is 45.8 Å². The van der Waals surface area contributed by atoms with Gasteiger partial charge in [0.25, 0.3) is 5.91 Å². The molecule has 1 aromatic carbocycles. The third kappa shape index (κ3) is 13.8. The van der Waals surface area contributed by atoms with Crippen LogP contribution in [0.2, 0.25) is 5.02 Å². The number of aromatic nitrogens is 1. The Kier molecular flexibility index (Phi) is 14.7. The first kappa shape index (κ1) is 34.9. The van der Waals surface area contributed by atoms with Crippen LogP contribution < -0.4 is 14.8 Å². The van der Waals surface area contributed by atoms with Gasteiger partial charge in [0.15, 0.2) is 0 Å². The number of hydrogen-bond donors (Lipinski definition) is 3. The molecule has 0 unspecified atom stereocenters. The summed E-state index contributed by atoms with van der Waals surface area (Å²) >= 11 is 6.24. The van der Waals surface area contributed by atoms with Gasteiger partial charge >= 0.3 is 12.1 Å². The summed E-state index contributed by atoms with van der Waals surface area (Å²) in [5, 5.41) is 10.8. The number of hydrogen-bond acceptors (Lipinski definition) is 7. The van der Waals surface area contributed by atoms with Crippen molar-refractivity contribution in [2.75, 3.05) is 37.3 Å². The predicted octanol–water partition coefficient (Wildman–Crippen LogP) is 4.43. The minimum Gasteiger partial charge on any atom is -0.492 e. The zero-order valence-corrected chi connectivity index (χ0v) is 23.9. The van der Waals surface area contributed by atoms with Crippen LogP contribution in [0.3, 0.4) is 0 Å². The third-order valence-corrected chi connectivity index (χ3v) is 6.80. The monoisotopic (exact) mass is 610 g/mol. The maximum Gasteiger partial charge on any atom is 0.490 e. The molecule has 0 bridgehead atoms. The van der Waals surface area contributed by atoms with E-state index in [4.69, 9.17) is 26.2 Å².